The van der Waals surface area contributed by atoms with E-state index < -0.39 is 6.10 Å². The molecular formula is C17H26N2O3S. The number of hydrogen-bond donors (Lipinski definition) is 0. The molecule has 2 aliphatic heterocycles. The van der Waals surface area contributed by atoms with E-state index in [1.54, 1.807) is 11.3 Å². The van der Waals surface area contributed by atoms with Crippen LogP contribution in [0.2, 0.25) is 0 Å². The molecule has 1 amide bonds. The van der Waals surface area contributed by atoms with E-state index in [-0.39, 0.29) is 17.4 Å². The van der Waals surface area contributed by atoms with E-state index in [4.69, 9.17) is 14.5 Å². The summed E-state index contributed by atoms with van der Waals surface area (Å²) >= 11 is 1.67. The third-order valence-corrected chi connectivity index (χ3v) is 5.40. The summed E-state index contributed by atoms with van der Waals surface area (Å²) in [5.41, 5.74) is 1.14. The van der Waals surface area contributed by atoms with Gasteiger partial charge < -0.3 is 14.4 Å². The molecule has 1 aromatic heterocycles. The molecule has 2 fully saturated rings. The standard InChI is InChI=1S/C17H26N2O3S/c1-17(2,3)14-11-23-15(18-14)12-6-4-5-7-19(12)16(20)13-10-21-8-9-22-13/h11-13H,4-10H2,1-3H3/t12-,13-/m1/s1. The van der Waals surface area contributed by atoms with Gasteiger partial charge in [-0.15, -0.1) is 11.3 Å². The Morgan fingerprint density at radius 1 is 1.35 bits per heavy atom. The van der Waals surface area contributed by atoms with Crippen LogP contribution in [-0.4, -0.2) is 48.3 Å². The number of ether oxygens (including phenoxy) is 2. The van der Waals surface area contributed by atoms with Crippen LogP contribution in [0.15, 0.2) is 5.38 Å². The second-order valence-corrected chi connectivity index (χ2v) is 8.19. The van der Waals surface area contributed by atoms with Crippen LogP contribution in [-0.2, 0) is 19.7 Å². The van der Waals surface area contributed by atoms with Crippen LogP contribution in [0.4, 0.5) is 0 Å². The lowest BCUT2D eigenvalue weighted by Crippen LogP contribution is -2.48. The Balaban J connectivity index is 1.78. The van der Waals surface area contributed by atoms with E-state index in [0.717, 1.165) is 36.5 Å². The van der Waals surface area contributed by atoms with Crippen molar-refractivity contribution in [3.63, 3.8) is 0 Å². The van der Waals surface area contributed by atoms with E-state index in [0.29, 0.717) is 19.8 Å². The summed E-state index contributed by atoms with van der Waals surface area (Å²) in [5, 5.41) is 3.19. The zero-order chi connectivity index (χ0) is 16.4. The van der Waals surface area contributed by atoms with Crippen LogP contribution in [0.5, 0.6) is 0 Å². The molecule has 0 aliphatic carbocycles. The highest BCUT2D eigenvalue weighted by atomic mass is 32.1. The van der Waals surface area contributed by atoms with Gasteiger partial charge in [0.1, 0.15) is 5.01 Å². The second kappa shape index (κ2) is 6.87. The SMILES string of the molecule is CC(C)(C)c1csc([C@H]2CCCCN2C(=O)[C@H]2COCCO2)n1. The van der Waals surface area contributed by atoms with Crippen LogP contribution in [0.25, 0.3) is 0 Å². The van der Waals surface area contributed by atoms with Gasteiger partial charge in [-0.25, -0.2) is 4.98 Å². The number of aromatic nitrogens is 1. The molecule has 0 spiro atoms. The highest BCUT2D eigenvalue weighted by Crippen LogP contribution is 2.35. The van der Waals surface area contributed by atoms with Gasteiger partial charge in [-0.3, -0.25) is 4.79 Å². The third kappa shape index (κ3) is 3.75. The molecule has 23 heavy (non-hydrogen) atoms. The molecule has 6 heteroatoms. The first-order chi connectivity index (χ1) is 11.0. The van der Waals surface area contributed by atoms with Gasteiger partial charge in [-0.2, -0.15) is 0 Å². The number of nitrogens with zero attached hydrogens (tertiary/aromatic N) is 2. The fraction of sp³-hybridized carbons (Fsp3) is 0.765. The smallest absolute Gasteiger partial charge is 0.254 e. The van der Waals surface area contributed by atoms with Crippen molar-refractivity contribution >= 4 is 17.2 Å². The molecule has 128 valence electrons. The first-order valence-corrected chi connectivity index (χ1v) is 9.30. The number of likely N-dealkylation sites (tertiary alicyclic amines) is 1. The minimum absolute atomic E-state index is 0.0403. The lowest BCUT2D eigenvalue weighted by Gasteiger charge is -2.37. The quantitative estimate of drug-likeness (QED) is 0.832. The third-order valence-electron chi connectivity index (χ3n) is 4.45. The maximum absolute atomic E-state index is 12.8. The van der Waals surface area contributed by atoms with Crippen LogP contribution in [0, 0.1) is 0 Å². The lowest BCUT2D eigenvalue weighted by molar-refractivity contribution is -0.161. The maximum atomic E-state index is 12.8. The number of carbonyl (C=O) groups excluding carboxylic acids is 1. The van der Waals surface area contributed by atoms with Crippen LogP contribution in [0.1, 0.15) is 56.8 Å². The summed E-state index contributed by atoms with van der Waals surface area (Å²) in [6.45, 7) is 8.74. The Labute approximate surface area is 142 Å². The Hall–Kier alpha value is -0.980. The van der Waals surface area contributed by atoms with Gasteiger partial charge in [0.05, 0.1) is 31.6 Å². The molecule has 0 saturated carbocycles. The summed E-state index contributed by atoms with van der Waals surface area (Å²) in [4.78, 5) is 19.6. The minimum atomic E-state index is -0.452. The topological polar surface area (TPSA) is 51.7 Å². The molecule has 3 rings (SSSR count). The van der Waals surface area contributed by atoms with E-state index in [9.17, 15) is 4.79 Å². The molecule has 3 heterocycles. The summed E-state index contributed by atoms with van der Waals surface area (Å²) < 4.78 is 11.0. The summed E-state index contributed by atoms with van der Waals surface area (Å²) in [5.74, 6) is 0.0573. The van der Waals surface area contributed by atoms with Gasteiger partial charge in [0, 0.05) is 17.3 Å². The highest BCUT2D eigenvalue weighted by Gasteiger charge is 2.35. The molecule has 0 bridgehead atoms. The fourth-order valence-corrected chi connectivity index (χ4v) is 4.24. The van der Waals surface area contributed by atoms with Crippen molar-refractivity contribution < 1.29 is 14.3 Å². The van der Waals surface area contributed by atoms with E-state index >= 15 is 0 Å². The highest BCUT2D eigenvalue weighted by molar-refractivity contribution is 7.09. The van der Waals surface area contributed by atoms with Crippen molar-refractivity contribution in [2.45, 2.75) is 57.6 Å². The average molecular weight is 338 g/mol. The molecule has 0 aromatic carbocycles. The molecule has 2 atom stereocenters. The summed E-state index contributed by atoms with van der Waals surface area (Å²) in [6.07, 6.45) is 2.72. The molecule has 0 unspecified atom stereocenters. The molecule has 2 saturated heterocycles. The first-order valence-electron chi connectivity index (χ1n) is 8.42. The largest absolute Gasteiger partial charge is 0.376 e. The molecule has 0 radical (unpaired) electrons. The van der Waals surface area contributed by atoms with Crippen LogP contribution in [0.3, 0.4) is 0 Å². The number of rotatable bonds is 2. The molecule has 2 aliphatic rings. The number of hydrogen-bond acceptors (Lipinski definition) is 5. The lowest BCUT2D eigenvalue weighted by atomic mass is 9.93. The van der Waals surface area contributed by atoms with Crippen molar-refractivity contribution in [1.29, 1.82) is 0 Å². The van der Waals surface area contributed by atoms with Gasteiger partial charge in [0.25, 0.3) is 5.91 Å². The van der Waals surface area contributed by atoms with Crippen molar-refractivity contribution in [3.05, 3.63) is 16.1 Å². The predicted molar refractivity (Wildman–Crippen MR) is 89.7 cm³/mol. The van der Waals surface area contributed by atoms with Crippen LogP contribution >= 0.6 is 11.3 Å². The van der Waals surface area contributed by atoms with E-state index in [1.807, 2.05) is 4.90 Å². The number of amides is 1. The average Bonchev–Trinajstić information content (AvgIpc) is 3.05. The number of piperidine rings is 1. The van der Waals surface area contributed by atoms with E-state index in [1.165, 1.54) is 0 Å². The van der Waals surface area contributed by atoms with Gasteiger partial charge in [-0.05, 0) is 19.3 Å². The zero-order valence-corrected chi connectivity index (χ0v) is 15.0. The van der Waals surface area contributed by atoms with Crippen molar-refractivity contribution in [2.24, 2.45) is 0 Å². The van der Waals surface area contributed by atoms with Gasteiger partial charge >= 0.3 is 0 Å². The summed E-state index contributed by atoms with van der Waals surface area (Å²) in [6, 6.07) is 0.0860. The second-order valence-electron chi connectivity index (χ2n) is 7.30. The van der Waals surface area contributed by atoms with Gasteiger partial charge in [0.15, 0.2) is 6.10 Å². The van der Waals surface area contributed by atoms with Crippen molar-refractivity contribution in [3.8, 4) is 0 Å². The fourth-order valence-electron chi connectivity index (χ4n) is 3.05. The van der Waals surface area contributed by atoms with Crippen molar-refractivity contribution in [2.75, 3.05) is 26.4 Å². The number of thiazole rings is 1. The molecule has 5 nitrogen and oxygen atoms in total. The van der Waals surface area contributed by atoms with E-state index in [2.05, 4.69) is 26.2 Å². The first kappa shape index (κ1) is 16.9. The maximum Gasteiger partial charge on any atom is 0.254 e. The Morgan fingerprint density at radius 3 is 2.83 bits per heavy atom. The Morgan fingerprint density at radius 2 is 2.17 bits per heavy atom. The summed E-state index contributed by atoms with van der Waals surface area (Å²) in [7, 11) is 0. The predicted octanol–water partition coefficient (Wildman–Crippen LogP) is 2.91. The monoisotopic (exact) mass is 338 g/mol. The number of carbonyl (C=O) groups is 1. The Bertz CT molecular complexity index is 546. The minimum Gasteiger partial charge on any atom is -0.376 e. The van der Waals surface area contributed by atoms with Gasteiger partial charge in [-0.1, -0.05) is 20.8 Å². The molecule has 1 aromatic rings. The zero-order valence-electron chi connectivity index (χ0n) is 14.2. The van der Waals surface area contributed by atoms with Gasteiger partial charge in [0.2, 0.25) is 0 Å². The normalized spacial score (nSPS) is 26.3. The van der Waals surface area contributed by atoms with Crippen molar-refractivity contribution in [1.82, 2.24) is 9.88 Å². The molecule has 0 N–H and O–H groups in total. The van der Waals surface area contributed by atoms with Crippen LogP contribution < -0.4 is 0 Å². The Kier molecular flexibility index (Phi) is 5.04. The molecular weight excluding hydrogens is 312 g/mol.